The van der Waals surface area contributed by atoms with Gasteiger partial charge in [0.25, 0.3) is 0 Å². The van der Waals surface area contributed by atoms with Crippen LogP contribution in [-0.2, 0) is 16.8 Å². The maximum Gasteiger partial charge on any atom is 0.223 e. The van der Waals surface area contributed by atoms with Crippen molar-refractivity contribution in [2.24, 2.45) is 0 Å². The lowest BCUT2D eigenvalue weighted by Gasteiger charge is -2.38. The minimum absolute atomic E-state index is 0.0509. The van der Waals surface area contributed by atoms with Gasteiger partial charge in [0.2, 0.25) is 5.91 Å². The molecule has 0 radical (unpaired) electrons. The van der Waals surface area contributed by atoms with Crippen LogP contribution in [0, 0.1) is 11.6 Å². The highest BCUT2D eigenvalue weighted by Crippen LogP contribution is 2.30. The van der Waals surface area contributed by atoms with Gasteiger partial charge in [-0.3, -0.25) is 4.79 Å². The summed E-state index contributed by atoms with van der Waals surface area (Å²) in [7, 11) is 0. The fraction of sp³-hybridized carbons (Fsp3) is 0.438. The van der Waals surface area contributed by atoms with E-state index in [1.807, 2.05) is 0 Å². The van der Waals surface area contributed by atoms with Crippen LogP contribution in [-0.4, -0.2) is 44.4 Å². The lowest BCUT2D eigenvalue weighted by molar-refractivity contribution is -0.139. The number of H-pyrrole nitrogens is 1. The molecule has 2 aromatic rings. The van der Waals surface area contributed by atoms with Crippen LogP contribution in [0.5, 0.6) is 0 Å². The molecule has 0 aliphatic carbocycles. The van der Waals surface area contributed by atoms with Crippen molar-refractivity contribution in [1.82, 2.24) is 20.3 Å². The summed E-state index contributed by atoms with van der Waals surface area (Å²) in [6, 6.07) is 3.93. The summed E-state index contributed by atoms with van der Waals surface area (Å²) in [5, 5.41) is 20.7. The first-order valence-electron chi connectivity index (χ1n) is 7.79. The van der Waals surface area contributed by atoms with Crippen molar-refractivity contribution in [2.45, 2.75) is 31.3 Å². The highest BCUT2D eigenvalue weighted by atomic mass is 19.2. The smallest absolute Gasteiger partial charge is 0.223 e. The van der Waals surface area contributed by atoms with Gasteiger partial charge in [-0.1, -0.05) is 12.1 Å². The molecule has 3 rings (SSSR count). The monoisotopic (exact) mass is 336 g/mol. The second-order valence-electron chi connectivity index (χ2n) is 6.02. The standard InChI is InChI=1S/C16H18F2N4O2/c17-12-4-1-3-11(15(12)18)5-6-14(23)22-8-2-7-16(24,10-22)13-9-19-21-20-13/h1,3-4,9,24H,2,5-8,10H2,(H,19,20,21)/t16-/m1/s1. The molecule has 1 amide bonds. The Balaban J connectivity index is 1.64. The molecule has 1 aliphatic heterocycles. The first-order valence-corrected chi connectivity index (χ1v) is 7.79. The third-order valence-corrected chi connectivity index (χ3v) is 4.36. The Hall–Kier alpha value is -2.35. The summed E-state index contributed by atoms with van der Waals surface area (Å²) >= 11 is 0. The number of aliphatic hydroxyl groups is 1. The summed E-state index contributed by atoms with van der Waals surface area (Å²) in [5.74, 6) is -2.04. The average Bonchev–Trinajstić information content (AvgIpc) is 3.11. The molecule has 24 heavy (non-hydrogen) atoms. The van der Waals surface area contributed by atoms with Crippen LogP contribution in [0.4, 0.5) is 8.78 Å². The molecule has 1 aromatic heterocycles. The average molecular weight is 336 g/mol. The van der Waals surface area contributed by atoms with E-state index in [1.54, 1.807) is 0 Å². The number of aromatic nitrogens is 3. The van der Waals surface area contributed by atoms with Crippen molar-refractivity contribution in [3.63, 3.8) is 0 Å². The number of rotatable bonds is 4. The maximum absolute atomic E-state index is 13.6. The van der Waals surface area contributed by atoms with E-state index in [9.17, 15) is 18.7 Å². The number of benzene rings is 1. The molecule has 6 nitrogen and oxygen atoms in total. The number of aromatic amines is 1. The number of carbonyl (C=O) groups is 1. The molecule has 0 spiro atoms. The number of hydrogen-bond acceptors (Lipinski definition) is 4. The number of likely N-dealkylation sites (tertiary alicyclic amines) is 1. The van der Waals surface area contributed by atoms with Crippen molar-refractivity contribution >= 4 is 5.91 Å². The zero-order chi connectivity index (χ0) is 17.2. The topological polar surface area (TPSA) is 82.1 Å². The number of nitrogens with zero attached hydrogens (tertiary/aromatic N) is 3. The van der Waals surface area contributed by atoms with Crippen molar-refractivity contribution in [3.8, 4) is 0 Å². The molecular weight excluding hydrogens is 318 g/mol. The lowest BCUT2D eigenvalue weighted by atomic mass is 9.90. The number of hydrogen-bond donors (Lipinski definition) is 2. The largest absolute Gasteiger partial charge is 0.382 e. The van der Waals surface area contributed by atoms with E-state index in [4.69, 9.17) is 0 Å². The quantitative estimate of drug-likeness (QED) is 0.887. The molecule has 1 saturated heterocycles. The SMILES string of the molecule is O=C(CCc1cccc(F)c1F)N1CCC[C@](O)(c2cn[nH]n2)C1. The minimum atomic E-state index is -1.23. The summed E-state index contributed by atoms with van der Waals surface area (Å²) < 4.78 is 26.8. The van der Waals surface area contributed by atoms with Crippen LogP contribution < -0.4 is 0 Å². The van der Waals surface area contributed by atoms with Crippen molar-refractivity contribution in [3.05, 3.63) is 47.3 Å². The molecule has 0 unspecified atom stereocenters. The zero-order valence-electron chi connectivity index (χ0n) is 13.0. The number of nitrogens with one attached hydrogen (secondary N) is 1. The van der Waals surface area contributed by atoms with Gasteiger partial charge in [-0.05, 0) is 30.9 Å². The molecule has 1 fully saturated rings. The van der Waals surface area contributed by atoms with Gasteiger partial charge < -0.3 is 10.0 Å². The Morgan fingerprint density at radius 3 is 3.00 bits per heavy atom. The summed E-state index contributed by atoms with van der Waals surface area (Å²) in [6.45, 7) is 0.634. The van der Waals surface area contributed by atoms with Gasteiger partial charge in [0.15, 0.2) is 11.6 Å². The molecule has 128 valence electrons. The fourth-order valence-corrected chi connectivity index (χ4v) is 3.03. The summed E-state index contributed by atoms with van der Waals surface area (Å²) in [5.41, 5.74) is -0.659. The Morgan fingerprint density at radius 1 is 1.42 bits per heavy atom. The Kier molecular flexibility index (Phi) is 4.57. The second kappa shape index (κ2) is 6.64. The van der Waals surface area contributed by atoms with E-state index in [0.29, 0.717) is 25.1 Å². The summed E-state index contributed by atoms with van der Waals surface area (Å²) in [6.07, 6.45) is 2.72. The fourth-order valence-electron chi connectivity index (χ4n) is 3.03. The third kappa shape index (κ3) is 3.28. The van der Waals surface area contributed by atoms with Crippen LogP contribution in [0.15, 0.2) is 24.4 Å². The molecule has 0 saturated carbocycles. The van der Waals surface area contributed by atoms with Gasteiger partial charge in [0.05, 0.1) is 12.7 Å². The molecule has 1 atom stereocenters. The van der Waals surface area contributed by atoms with Crippen LogP contribution in [0.3, 0.4) is 0 Å². The van der Waals surface area contributed by atoms with Gasteiger partial charge in [-0.2, -0.15) is 15.4 Å². The Bertz CT molecular complexity index is 723. The highest BCUT2D eigenvalue weighted by Gasteiger charge is 2.38. The number of halogens is 2. The van der Waals surface area contributed by atoms with Crippen LogP contribution in [0.2, 0.25) is 0 Å². The third-order valence-electron chi connectivity index (χ3n) is 4.36. The predicted molar refractivity (Wildman–Crippen MR) is 80.8 cm³/mol. The number of aryl methyl sites for hydroxylation is 1. The molecule has 2 N–H and O–H groups in total. The van der Waals surface area contributed by atoms with Gasteiger partial charge in [0.1, 0.15) is 11.3 Å². The van der Waals surface area contributed by atoms with E-state index >= 15 is 0 Å². The maximum atomic E-state index is 13.6. The molecule has 1 aromatic carbocycles. The lowest BCUT2D eigenvalue weighted by Crippen LogP contribution is -2.48. The number of β-amino-alcohol motifs (C(OH)–C–C–N with tert-alkyl or cyclic N) is 1. The van der Waals surface area contributed by atoms with Crippen LogP contribution >= 0.6 is 0 Å². The first kappa shape index (κ1) is 16.5. The van der Waals surface area contributed by atoms with Crippen LogP contribution in [0.25, 0.3) is 0 Å². The zero-order valence-corrected chi connectivity index (χ0v) is 13.0. The number of amides is 1. The van der Waals surface area contributed by atoms with Gasteiger partial charge in [0, 0.05) is 13.0 Å². The number of carbonyl (C=O) groups excluding carboxylic acids is 1. The van der Waals surface area contributed by atoms with Gasteiger partial charge >= 0.3 is 0 Å². The van der Waals surface area contributed by atoms with Crippen molar-refractivity contribution < 1.29 is 18.7 Å². The predicted octanol–water partition coefficient (Wildman–Crippen LogP) is 1.53. The van der Waals surface area contributed by atoms with E-state index in [0.717, 1.165) is 6.07 Å². The summed E-state index contributed by atoms with van der Waals surface area (Å²) in [4.78, 5) is 13.9. The van der Waals surface area contributed by atoms with Gasteiger partial charge in [-0.15, -0.1) is 0 Å². The highest BCUT2D eigenvalue weighted by molar-refractivity contribution is 5.76. The first-order chi connectivity index (χ1) is 11.5. The van der Waals surface area contributed by atoms with Crippen molar-refractivity contribution in [2.75, 3.05) is 13.1 Å². The Labute approximate surface area is 137 Å². The second-order valence-corrected chi connectivity index (χ2v) is 6.02. The molecule has 1 aliphatic rings. The van der Waals surface area contributed by atoms with Crippen molar-refractivity contribution in [1.29, 1.82) is 0 Å². The molecular formula is C16H18F2N4O2. The number of piperidine rings is 1. The van der Waals surface area contributed by atoms with E-state index < -0.39 is 17.2 Å². The van der Waals surface area contributed by atoms with Crippen LogP contribution in [0.1, 0.15) is 30.5 Å². The van der Waals surface area contributed by atoms with E-state index in [-0.39, 0.29) is 30.9 Å². The van der Waals surface area contributed by atoms with E-state index in [1.165, 1.54) is 23.2 Å². The molecule has 2 heterocycles. The minimum Gasteiger partial charge on any atom is -0.382 e. The van der Waals surface area contributed by atoms with Gasteiger partial charge in [-0.25, -0.2) is 8.78 Å². The van der Waals surface area contributed by atoms with E-state index in [2.05, 4.69) is 15.4 Å². The normalized spacial score (nSPS) is 21.0. The Morgan fingerprint density at radius 2 is 2.25 bits per heavy atom. The molecule has 0 bridgehead atoms. The molecule has 8 heteroatoms.